The van der Waals surface area contributed by atoms with Gasteiger partial charge in [0.1, 0.15) is 5.69 Å². The fourth-order valence-electron chi connectivity index (χ4n) is 3.14. The number of carbonyl (C=O) groups excluding carboxylic acids is 1. The molecule has 0 bridgehead atoms. The standard InChI is InChI=1S/C16H19N3O/c20-16(15-9-11-3-1-2-4-14(11)18-15)17-12-7-8-19(10-12)13-5-6-13/h1-4,9,12-13,18H,5-8,10H2,(H,17,20). The van der Waals surface area contributed by atoms with Crippen LogP contribution in [-0.2, 0) is 0 Å². The Morgan fingerprint density at radius 2 is 2.10 bits per heavy atom. The maximum atomic E-state index is 12.3. The van der Waals surface area contributed by atoms with Crippen molar-refractivity contribution in [2.75, 3.05) is 13.1 Å². The molecule has 2 fully saturated rings. The van der Waals surface area contributed by atoms with Gasteiger partial charge in [-0.2, -0.15) is 0 Å². The molecule has 0 spiro atoms. The number of nitrogens with zero attached hydrogens (tertiary/aromatic N) is 1. The number of hydrogen-bond acceptors (Lipinski definition) is 2. The summed E-state index contributed by atoms with van der Waals surface area (Å²) in [4.78, 5) is 18.0. The molecule has 1 aliphatic carbocycles. The van der Waals surface area contributed by atoms with Gasteiger partial charge in [0.2, 0.25) is 0 Å². The van der Waals surface area contributed by atoms with Crippen LogP contribution in [0.25, 0.3) is 10.9 Å². The number of amides is 1. The van der Waals surface area contributed by atoms with E-state index in [0.717, 1.165) is 36.5 Å². The molecule has 1 amide bonds. The van der Waals surface area contributed by atoms with Crippen molar-refractivity contribution < 1.29 is 4.79 Å². The van der Waals surface area contributed by atoms with Crippen LogP contribution in [0.15, 0.2) is 30.3 Å². The number of fused-ring (bicyclic) bond motifs is 1. The third kappa shape index (κ3) is 2.20. The van der Waals surface area contributed by atoms with E-state index in [0.29, 0.717) is 11.7 Å². The summed E-state index contributed by atoms with van der Waals surface area (Å²) < 4.78 is 0. The first-order chi connectivity index (χ1) is 9.79. The van der Waals surface area contributed by atoms with Crippen molar-refractivity contribution in [2.45, 2.75) is 31.3 Å². The number of rotatable bonds is 3. The number of nitrogens with one attached hydrogen (secondary N) is 2. The summed E-state index contributed by atoms with van der Waals surface area (Å²) in [6, 6.07) is 11.0. The number of aromatic nitrogens is 1. The van der Waals surface area contributed by atoms with E-state index < -0.39 is 0 Å². The summed E-state index contributed by atoms with van der Waals surface area (Å²) in [7, 11) is 0. The van der Waals surface area contributed by atoms with Gasteiger partial charge in [0.15, 0.2) is 0 Å². The van der Waals surface area contributed by atoms with Gasteiger partial charge in [-0.15, -0.1) is 0 Å². The molecular weight excluding hydrogens is 250 g/mol. The molecule has 0 radical (unpaired) electrons. The molecule has 1 saturated heterocycles. The Bertz CT molecular complexity index is 611. The lowest BCUT2D eigenvalue weighted by Crippen LogP contribution is -2.37. The Hall–Kier alpha value is -1.81. The summed E-state index contributed by atoms with van der Waals surface area (Å²) in [5.41, 5.74) is 1.68. The van der Waals surface area contributed by atoms with Crippen LogP contribution in [0.3, 0.4) is 0 Å². The van der Waals surface area contributed by atoms with E-state index in [-0.39, 0.29) is 5.91 Å². The first-order valence-corrected chi connectivity index (χ1v) is 7.42. The number of H-pyrrole nitrogens is 1. The first-order valence-electron chi connectivity index (χ1n) is 7.42. The van der Waals surface area contributed by atoms with Gasteiger partial charge in [0.25, 0.3) is 5.91 Å². The van der Waals surface area contributed by atoms with Gasteiger partial charge < -0.3 is 10.3 Å². The van der Waals surface area contributed by atoms with Gasteiger partial charge in [-0.05, 0) is 31.4 Å². The number of likely N-dealkylation sites (tertiary alicyclic amines) is 1. The molecule has 1 aromatic carbocycles. The second-order valence-corrected chi connectivity index (χ2v) is 5.96. The highest BCUT2D eigenvalue weighted by Gasteiger charge is 2.34. The molecule has 1 atom stereocenters. The largest absolute Gasteiger partial charge is 0.351 e. The minimum atomic E-state index is 0.0175. The second kappa shape index (κ2) is 4.63. The van der Waals surface area contributed by atoms with Gasteiger partial charge in [0, 0.05) is 36.1 Å². The van der Waals surface area contributed by atoms with Crippen LogP contribution in [0, 0.1) is 0 Å². The van der Waals surface area contributed by atoms with Gasteiger partial charge in [0.05, 0.1) is 0 Å². The van der Waals surface area contributed by atoms with E-state index in [9.17, 15) is 4.79 Å². The number of benzene rings is 1. The lowest BCUT2D eigenvalue weighted by Gasteiger charge is -2.15. The molecular formula is C16H19N3O. The summed E-state index contributed by atoms with van der Waals surface area (Å²) in [6.45, 7) is 2.14. The van der Waals surface area contributed by atoms with Gasteiger partial charge in [-0.25, -0.2) is 0 Å². The lowest BCUT2D eigenvalue weighted by molar-refractivity contribution is 0.0933. The molecule has 4 rings (SSSR count). The fourth-order valence-corrected chi connectivity index (χ4v) is 3.14. The fraction of sp³-hybridized carbons (Fsp3) is 0.438. The van der Waals surface area contributed by atoms with Crippen molar-refractivity contribution in [1.29, 1.82) is 0 Å². The summed E-state index contributed by atoms with van der Waals surface area (Å²) in [5.74, 6) is 0.0175. The van der Waals surface area contributed by atoms with Crippen LogP contribution in [0.2, 0.25) is 0 Å². The van der Waals surface area contributed by atoms with E-state index in [4.69, 9.17) is 0 Å². The average molecular weight is 269 g/mol. The molecule has 20 heavy (non-hydrogen) atoms. The maximum Gasteiger partial charge on any atom is 0.267 e. The number of carbonyl (C=O) groups is 1. The maximum absolute atomic E-state index is 12.3. The van der Waals surface area contributed by atoms with Crippen molar-refractivity contribution in [1.82, 2.24) is 15.2 Å². The number of aromatic amines is 1. The monoisotopic (exact) mass is 269 g/mol. The molecule has 2 heterocycles. The SMILES string of the molecule is O=C(NC1CCN(C2CC2)C1)c1cc2ccccc2[nH]1. The smallest absolute Gasteiger partial charge is 0.267 e. The Morgan fingerprint density at radius 3 is 2.90 bits per heavy atom. The molecule has 4 heteroatoms. The Morgan fingerprint density at radius 1 is 1.25 bits per heavy atom. The third-order valence-electron chi connectivity index (χ3n) is 4.39. The van der Waals surface area contributed by atoms with Gasteiger partial charge >= 0.3 is 0 Å². The Kier molecular flexibility index (Phi) is 2.77. The first kappa shape index (κ1) is 12.0. The molecule has 1 unspecified atom stereocenters. The predicted molar refractivity (Wildman–Crippen MR) is 78.8 cm³/mol. The van der Waals surface area contributed by atoms with Crippen molar-refractivity contribution in [2.24, 2.45) is 0 Å². The minimum absolute atomic E-state index is 0.0175. The highest BCUT2D eigenvalue weighted by molar-refractivity contribution is 5.98. The molecule has 1 aromatic heterocycles. The second-order valence-electron chi connectivity index (χ2n) is 5.96. The van der Waals surface area contributed by atoms with Crippen LogP contribution < -0.4 is 5.32 Å². The zero-order chi connectivity index (χ0) is 13.5. The summed E-state index contributed by atoms with van der Waals surface area (Å²) in [5, 5.41) is 4.24. The predicted octanol–water partition coefficient (Wildman–Crippen LogP) is 2.13. The molecule has 1 saturated carbocycles. The number of para-hydroxylation sites is 1. The van der Waals surface area contributed by atoms with Crippen LogP contribution in [0.4, 0.5) is 0 Å². The molecule has 4 nitrogen and oxygen atoms in total. The van der Waals surface area contributed by atoms with Gasteiger partial charge in [-0.1, -0.05) is 18.2 Å². The van der Waals surface area contributed by atoms with Crippen LogP contribution in [0.1, 0.15) is 29.8 Å². The zero-order valence-electron chi connectivity index (χ0n) is 11.4. The number of hydrogen-bond donors (Lipinski definition) is 2. The average Bonchev–Trinajstić information content (AvgIpc) is 3.04. The van der Waals surface area contributed by atoms with Crippen molar-refractivity contribution in [3.63, 3.8) is 0 Å². The molecule has 2 aliphatic rings. The third-order valence-corrected chi connectivity index (χ3v) is 4.39. The minimum Gasteiger partial charge on any atom is -0.351 e. The highest BCUT2D eigenvalue weighted by Crippen LogP contribution is 2.29. The van der Waals surface area contributed by atoms with E-state index in [1.807, 2.05) is 30.3 Å². The van der Waals surface area contributed by atoms with E-state index in [1.165, 1.54) is 12.8 Å². The molecule has 2 N–H and O–H groups in total. The Labute approximate surface area is 118 Å². The van der Waals surface area contributed by atoms with E-state index in [2.05, 4.69) is 15.2 Å². The van der Waals surface area contributed by atoms with E-state index in [1.54, 1.807) is 0 Å². The quantitative estimate of drug-likeness (QED) is 0.897. The van der Waals surface area contributed by atoms with Crippen LogP contribution in [0.5, 0.6) is 0 Å². The molecule has 104 valence electrons. The van der Waals surface area contributed by atoms with Crippen LogP contribution in [-0.4, -0.2) is 41.0 Å². The summed E-state index contributed by atoms with van der Waals surface area (Å²) >= 11 is 0. The molecule has 1 aliphatic heterocycles. The van der Waals surface area contributed by atoms with Crippen molar-refractivity contribution >= 4 is 16.8 Å². The molecule has 2 aromatic rings. The zero-order valence-corrected chi connectivity index (χ0v) is 11.4. The van der Waals surface area contributed by atoms with Crippen molar-refractivity contribution in [3.05, 3.63) is 36.0 Å². The van der Waals surface area contributed by atoms with E-state index >= 15 is 0 Å². The highest BCUT2D eigenvalue weighted by atomic mass is 16.2. The topological polar surface area (TPSA) is 48.1 Å². The van der Waals surface area contributed by atoms with Crippen LogP contribution >= 0.6 is 0 Å². The Balaban J connectivity index is 1.44. The lowest BCUT2D eigenvalue weighted by atomic mass is 10.2. The van der Waals surface area contributed by atoms with Gasteiger partial charge in [-0.3, -0.25) is 9.69 Å². The van der Waals surface area contributed by atoms with Crippen molar-refractivity contribution in [3.8, 4) is 0 Å². The normalized spacial score (nSPS) is 23.3. The summed E-state index contributed by atoms with van der Waals surface area (Å²) in [6.07, 6.45) is 3.74.